The van der Waals surface area contributed by atoms with Crippen LogP contribution in [0.25, 0.3) is 16.9 Å². The Hall–Kier alpha value is -3.38. The first-order valence-corrected chi connectivity index (χ1v) is 9.60. The van der Waals surface area contributed by atoms with Crippen molar-refractivity contribution in [3.8, 4) is 22.7 Å². The molecule has 0 fully saturated rings. The quantitative estimate of drug-likeness (QED) is 0.516. The van der Waals surface area contributed by atoms with Crippen molar-refractivity contribution in [1.82, 2.24) is 24.6 Å². The lowest BCUT2D eigenvalue weighted by atomic mass is 10.1. The van der Waals surface area contributed by atoms with E-state index in [1.165, 1.54) is 0 Å². The fourth-order valence-corrected chi connectivity index (χ4v) is 3.40. The van der Waals surface area contributed by atoms with Crippen LogP contribution in [-0.2, 0) is 13.1 Å². The number of aromatic nitrogens is 4. The first-order valence-electron chi connectivity index (χ1n) is 9.60. The Morgan fingerprint density at radius 2 is 1.90 bits per heavy atom. The zero-order chi connectivity index (χ0) is 20.2. The number of hydrogen-bond acceptors (Lipinski definition) is 4. The molecule has 0 spiro atoms. The topological polar surface area (TPSA) is 59.0 Å². The Balaban J connectivity index is 1.67. The molecule has 4 rings (SSSR count). The number of imidazole rings is 1. The van der Waals surface area contributed by atoms with Crippen molar-refractivity contribution in [1.29, 1.82) is 0 Å². The third-order valence-corrected chi connectivity index (χ3v) is 4.77. The van der Waals surface area contributed by atoms with Gasteiger partial charge in [0.2, 0.25) is 0 Å². The summed E-state index contributed by atoms with van der Waals surface area (Å²) in [4.78, 5) is 9.94. The van der Waals surface area contributed by atoms with Crippen LogP contribution in [0.4, 0.5) is 0 Å². The third kappa shape index (κ3) is 4.38. The van der Waals surface area contributed by atoms with Crippen LogP contribution in [0.5, 0.6) is 5.75 Å². The van der Waals surface area contributed by atoms with Crippen LogP contribution in [0.1, 0.15) is 17.1 Å². The van der Waals surface area contributed by atoms with Gasteiger partial charge in [-0.3, -0.25) is 4.90 Å². The van der Waals surface area contributed by atoms with E-state index in [9.17, 15) is 0 Å². The maximum absolute atomic E-state index is 5.41. The number of methoxy groups -OCH3 is 1. The number of para-hydroxylation sites is 1. The van der Waals surface area contributed by atoms with Gasteiger partial charge in [-0.15, -0.1) is 0 Å². The standard InChI is InChI=1S/C23H25N5O/c1-17-13-24-22(25-17)16-27(2)14-19-15-28(20-9-5-4-6-10-20)26-23(19)18-8-7-11-21(12-18)29-3/h4-13,15H,14,16H2,1-3H3,(H,24,25). The number of ether oxygens (including phenoxy) is 1. The van der Waals surface area contributed by atoms with Gasteiger partial charge in [0.05, 0.1) is 25.0 Å². The highest BCUT2D eigenvalue weighted by atomic mass is 16.5. The summed E-state index contributed by atoms with van der Waals surface area (Å²) >= 11 is 0. The molecular weight excluding hydrogens is 362 g/mol. The largest absolute Gasteiger partial charge is 0.497 e. The molecule has 6 heteroatoms. The molecule has 0 aliphatic heterocycles. The number of nitrogens with zero attached hydrogens (tertiary/aromatic N) is 4. The van der Waals surface area contributed by atoms with Gasteiger partial charge in [-0.1, -0.05) is 30.3 Å². The second-order valence-corrected chi connectivity index (χ2v) is 7.20. The molecule has 0 atom stereocenters. The van der Waals surface area contributed by atoms with Crippen molar-refractivity contribution >= 4 is 0 Å². The number of H-pyrrole nitrogens is 1. The maximum Gasteiger partial charge on any atom is 0.120 e. The summed E-state index contributed by atoms with van der Waals surface area (Å²) in [5.41, 5.74) is 5.24. The molecule has 2 aromatic heterocycles. The number of hydrogen-bond donors (Lipinski definition) is 1. The van der Waals surface area contributed by atoms with Crippen LogP contribution in [0.2, 0.25) is 0 Å². The zero-order valence-electron chi connectivity index (χ0n) is 17.0. The zero-order valence-corrected chi connectivity index (χ0v) is 17.0. The molecule has 0 amide bonds. The molecule has 29 heavy (non-hydrogen) atoms. The number of benzene rings is 2. The van der Waals surface area contributed by atoms with Crippen molar-refractivity contribution in [2.75, 3.05) is 14.2 Å². The lowest BCUT2D eigenvalue weighted by molar-refractivity contribution is 0.312. The van der Waals surface area contributed by atoms with E-state index in [0.717, 1.165) is 52.9 Å². The lowest BCUT2D eigenvalue weighted by Crippen LogP contribution is -2.18. The molecule has 0 saturated carbocycles. The minimum absolute atomic E-state index is 0.738. The average molecular weight is 387 g/mol. The summed E-state index contributed by atoms with van der Waals surface area (Å²) in [7, 11) is 3.77. The van der Waals surface area contributed by atoms with Crippen molar-refractivity contribution in [2.45, 2.75) is 20.0 Å². The van der Waals surface area contributed by atoms with Gasteiger partial charge in [-0.05, 0) is 38.2 Å². The molecule has 0 bridgehead atoms. The van der Waals surface area contributed by atoms with Crippen LogP contribution < -0.4 is 4.74 Å². The van der Waals surface area contributed by atoms with E-state index in [1.807, 2.05) is 54.2 Å². The molecule has 0 aliphatic carbocycles. The van der Waals surface area contributed by atoms with E-state index in [-0.39, 0.29) is 0 Å². The van der Waals surface area contributed by atoms with Crippen LogP contribution in [-0.4, -0.2) is 38.8 Å². The molecule has 0 radical (unpaired) electrons. The average Bonchev–Trinajstić information content (AvgIpc) is 3.34. The molecule has 0 unspecified atom stereocenters. The summed E-state index contributed by atoms with van der Waals surface area (Å²) in [5.74, 6) is 1.78. The fourth-order valence-electron chi connectivity index (χ4n) is 3.40. The van der Waals surface area contributed by atoms with Crippen molar-refractivity contribution < 1.29 is 4.74 Å². The van der Waals surface area contributed by atoms with Gasteiger partial charge >= 0.3 is 0 Å². The van der Waals surface area contributed by atoms with Crippen LogP contribution in [0, 0.1) is 6.92 Å². The second kappa shape index (κ2) is 8.32. The summed E-state index contributed by atoms with van der Waals surface area (Å²) in [6.07, 6.45) is 3.96. The monoisotopic (exact) mass is 387 g/mol. The van der Waals surface area contributed by atoms with Gasteiger partial charge in [-0.2, -0.15) is 5.10 Å². The van der Waals surface area contributed by atoms with Gasteiger partial charge in [0.15, 0.2) is 0 Å². The normalized spacial score (nSPS) is 11.2. The Labute approximate surface area is 170 Å². The number of aryl methyl sites for hydroxylation is 1. The van der Waals surface area contributed by atoms with Gasteiger partial charge in [0.1, 0.15) is 11.6 Å². The first-order chi connectivity index (χ1) is 14.1. The first kappa shape index (κ1) is 19.0. The van der Waals surface area contributed by atoms with Gasteiger partial charge in [-0.25, -0.2) is 9.67 Å². The van der Waals surface area contributed by atoms with Crippen molar-refractivity contribution in [3.63, 3.8) is 0 Å². The highest BCUT2D eigenvalue weighted by molar-refractivity contribution is 5.65. The number of nitrogens with one attached hydrogen (secondary N) is 1. The molecule has 4 aromatic rings. The number of aromatic amines is 1. The predicted octanol–water partition coefficient (Wildman–Crippen LogP) is 4.21. The molecule has 0 saturated heterocycles. The maximum atomic E-state index is 5.41. The van der Waals surface area contributed by atoms with E-state index in [4.69, 9.17) is 9.84 Å². The molecule has 0 aliphatic rings. The molecule has 2 heterocycles. The molecule has 1 N–H and O–H groups in total. The Bertz CT molecular complexity index is 1080. The minimum Gasteiger partial charge on any atom is -0.497 e. The molecule has 148 valence electrons. The smallest absolute Gasteiger partial charge is 0.120 e. The van der Waals surface area contributed by atoms with Gasteiger partial charge in [0.25, 0.3) is 0 Å². The summed E-state index contributed by atoms with van der Waals surface area (Å²) in [6, 6.07) is 18.2. The predicted molar refractivity (Wildman–Crippen MR) is 114 cm³/mol. The fraction of sp³-hybridized carbons (Fsp3) is 0.217. The number of rotatable bonds is 7. The Kier molecular flexibility index (Phi) is 5.44. The van der Waals surface area contributed by atoms with E-state index in [2.05, 4.69) is 46.3 Å². The van der Waals surface area contributed by atoms with Crippen LogP contribution >= 0.6 is 0 Å². The van der Waals surface area contributed by atoms with Crippen LogP contribution in [0.15, 0.2) is 67.0 Å². The molecule has 2 aromatic carbocycles. The van der Waals surface area contributed by atoms with Crippen LogP contribution in [0.3, 0.4) is 0 Å². The summed E-state index contributed by atoms with van der Waals surface area (Å²) in [5, 5.41) is 4.90. The van der Waals surface area contributed by atoms with Gasteiger partial charge in [0, 0.05) is 35.8 Å². The summed E-state index contributed by atoms with van der Waals surface area (Å²) in [6.45, 7) is 3.50. The van der Waals surface area contributed by atoms with Gasteiger partial charge < -0.3 is 9.72 Å². The van der Waals surface area contributed by atoms with E-state index < -0.39 is 0 Å². The SMILES string of the molecule is COc1cccc(-c2nn(-c3ccccc3)cc2CN(C)Cc2ncc(C)[nH]2)c1. The molecule has 6 nitrogen and oxygen atoms in total. The third-order valence-electron chi connectivity index (χ3n) is 4.77. The van der Waals surface area contributed by atoms with Crippen molar-refractivity contribution in [3.05, 3.63) is 84.1 Å². The van der Waals surface area contributed by atoms with Crippen molar-refractivity contribution in [2.24, 2.45) is 0 Å². The van der Waals surface area contributed by atoms with E-state index in [0.29, 0.717) is 0 Å². The molecular formula is C23H25N5O. The van der Waals surface area contributed by atoms with E-state index in [1.54, 1.807) is 7.11 Å². The Morgan fingerprint density at radius 1 is 1.07 bits per heavy atom. The minimum atomic E-state index is 0.738. The summed E-state index contributed by atoms with van der Waals surface area (Å²) < 4.78 is 7.35. The van der Waals surface area contributed by atoms with E-state index >= 15 is 0 Å². The highest BCUT2D eigenvalue weighted by Gasteiger charge is 2.15. The lowest BCUT2D eigenvalue weighted by Gasteiger charge is -2.15. The second-order valence-electron chi connectivity index (χ2n) is 7.20. The highest BCUT2D eigenvalue weighted by Crippen LogP contribution is 2.27. The Morgan fingerprint density at radius 3 is 2.62 bits per heavy atom.